The van der Waals surface area contributed by atoms with Gasteiger partial charge in [-0.05, 0) is 37.0 Å². The summed E-state index contributed by atoms with van der Waals surface area (Å²) in [6, 6.07) is 16.8. The van der Waals surface area contributed by atoms with Gasteiger partial charge in [-0.25, -0.2) is 14.8 Å². The predicted molar refractivity (Wildman–Crippen MR) is 136 cm³/mol. The quantitative estimate of drug-likeness (QED) is 0.151. The van der Waals surface area contributed by atoms with Crippen molar-refractivity contribution < 1.29 is 9.59 Å². The van der Waals surface area contributed by atoms with Gasteiger partial charge < -0.3 is 10.7 Å². The lowest BCUT2D eigenvalue weighted by Crippen LogP contribution is -2.31. The molecule has 0 saturated heterocycles. The molecule has 2 aromatic carbocycles. The number of aromatic amines is 1. The van der Waals surface area contributed by atoms with Gasteiger partial charge in [0, 0.05) is 17.9 Å². The number of amides is 2. The molecule has 0 unspecified atom stereocenters. The number of imide groups is 1. The maximum Gasteiger partial charge on any atom is 0.328 e. The third-order valence-electron chi connectivity index (χ3n) is 5.60. The fraction of sp³-hybridized carbons (Fsp3) is 0.240. The number of aryl methyl sites for hydroxylation is 1. The monoisotopic (exact) mass is 490 g/mol. The van der Waals surface area contributed by atoms with E-state index in [1.165, 1.54) is 16.7 Å². The van der Waals surface area contributed by atoms with Crippen LogP contribution in [0.4, 0.5) is 5.82 Å². The van der Waals surface area contributed by atoms with Crippen LogP contribution in [-0.2, 0) is 11.3 Å². The number of carbonyl (C=O) groups excluding carboxylic acids is 2. The van der Waals surface area contributed by atoms with E-state index in [2.05, 4.69) is 15.0 Å². The largest absolute Gasteiger partial charge is 0.382 e. The van der Waals surface area contributed by atoms with Crippen molar-refractivity contribution in [3.05, 3.63) is 81.8 Å². The molecule has 0 aliphatic carbocycles. The number of H-pyrrole nitrogens is 1. The maximum absolute atomic E-state index is 12.6. The Bertz CT molecular complexity index is 1400. The molecule has 2 heterocycles. The second-order valence-corrected chi connectivity index (χ2v) is 9.13. The number of thioether (sulfide) groups is 1. The van der Waals surface area contributed by atoms with Crippen molar-refractivity contribution in [1.29, 1.82) is 0 Å². The number of rotatable bonds is 10. The number of unbranched alkanes of at least 4 members (excludes halogenated alkanes) is 1. The van der Waals surface area contributed by atoms with E-state index in [0.717, 1.165) is 17.5 Å². The first-order chi connectivity index (χ1) is 17.0. The van der Waals surface area contributed by atoms with E-state index in [9.17, 15) is 14.4 Å². The van der Waals surface area contributed by atoms with Crippen LogP contribution in [0.3, 0.4) is 0 Å². The van der Waals surface area contributed by atoms with Gasteiger partial charge in [-0.2, -0.15) is 0 Å². The lowest BCUT2D eigenvalue weighted by Gasteiger charge is -2.16. The van der Waals surface area contributed by atoms with Crippen molar-refractivity contribution in [1.82, 2.24) is 24.4 Å². The van der Waals surface area contributed by atoms with Crippen LogP contribution < -0.4 is 11.4 Å². The smallest absolute Gasteiger partial charge is 0.328 e. The molecule has 0 spiro atoms. The average molecular weight is 491 g/mol. The molecular formula is C25H26N6O3S. The van der Waals surface area contributed by atoms with Gasteiger partial charge in [0.15, 0.2) is 16.6 Å². The molecule has 0 aliphatic rings. The number of anilines is 1. The third-order valence-corrected chi connectivity index (χ3v) is 6.54. The lowest BCUT2D eigenvalue weighted by atomic mass is 10.1. The number of nitrogens with two attached hydrogens (primary N) is 1. The van der Waals surface area contributed by atoms with Crippen LogP contribution in [0, 0.1) is 6.92 Å². The number of hydrogen-bond acceptors (Lipinski definition) is 7. The molecule has 4 aromatic rings. The first-order valence-electron chi connectivity index (χ1n) is 11.2. The number of nitrogens with one attached hydrogen (secondary N) is 1. The van der Waals surface area contributed by atoms with E-state index in [1.54, 1.807) is 16.7 Å². The Hall–Kier alpha value is -3.92. The van der Waals surface area contributed by atoms with Crippen molar-refractivity contribution in [2.75, 3.05) is 18.0 Å². The van der Waals surface area contributed by atoms with E-state index in [-0.39, 0.29) is 17.4 Å². The molecule has 3 N–H and O–H groups in total. The second kappa shape index (κ2) is 11.0. The highest BCUT2D eigenvalue weighted by molar-refractivity contribution is 7.99. The summed E-state index contributed by atoms with van der Waals surface area (Å²) in [6.45, 7) is 2.55. The third kappa shape index (κ3) is 5.60. The molecule has 35 heavy (non-hydrogen) atoms. The van der Waals surface area contributed by atoms with Crippen molar-refractivity contribution in [3.8, 4) is 0 Å². The molecule has 9 nitrogen and oxygen atoms in total. The molecule has 0 saturated carbocycles. The van der Waals surface area contributed by atoms with Crippen LogP contribution in [0.15, 0.2) is 64.5 Å². The molecule has 4 rings (SSSR count). The molecule has 180 valence electrons. The van der Waals surface area contributed by atoms with Gasteiger partial charge in [-0.15, -0.1) is 0 Å². The summed E-state index contributed by atoms with van der Waals surface area (Å²) >= 11 is 1.42. The summed E-state index contributed by atoms with van der Waals surface area (Å²) in [5, 5.41) is 0.471. The zero-order valence-corrected chi connectivity index (χ0v) is 20.1. The van der Waals surface area contributed by atoms with Gasteiger partial charge in [0.1, 0.15) is 5.52 Å². The first-order valence-corrected chi connectivity index (χ1v) is 12.2. The average Bonchev–Trinajstić information content (AvgIpc) is 3.17. The molecule has 0 fully saturated rings. The molecule has 0 bridgehead atoms. The fourth-order valence-electron chi connectivity index (χ4n) is 3.73. The predicted octanol–water partition coefficient (Wildman–Crippen LogP) is 3.23. The molecular weight excluding hydrogens is 464 g/mol. The number of benzene rings is 2. The number of imidazole rings is 1. The molecule has 2 aromatic heterocycles. The van der Waals surface area contributed by atoms with Crippen molar-refractivity contribution in [2.24, 2.45) is 0 Å². The van der Waals surface area contributed by atoms with Crippen LogP contribution in [0.2, 0.25) is 0 Å². The Balaban J connectivity index is 1.37. The molecule has 2 amide bonds. The van der Waals surface area contributed by atoms with Gasteiger partial charge in [0.2, 0.25) is 6.41 Å². The lowest BCUT2D eigenvalue weighted by molar-refractivity contribution is -0.116. The number of aromatic nitrogens is 4. The zero-order valence-electron chi connectivity index (χ0n) is 19.3. The van der Waals surface area contributed by atoms with E-state index in [4.69, 9.17) is 5.73 Å². The van der Waals surface area contributed by atoms with E-state index in [1.807, 2.05) is 49.4 Å². The molecule has 0 atom stereocenters. The highest BCUT2D eigenvalue weighted by atomic mass is 32.2. The molecule has 0 aliphatic heterocycles. The summed E-state index contributed by atoms with van der Waals surface area (Å²) in [4.78, 5) is 49.4. The number of fused-ring (bicyclic) bond motifs is 1. The number of carbonyl (C=O) groups is 2. The number of nitrogen functional groups attached to an aromatic ring is 1. The second-order valence-electron chi connectivity index (χ2n) is 8.07. The van der Waals surface area contributed by atoms with Crippen LogP contribution in [0.1, 0.15) is 34.3 Å². The first kappa shape index (κ1) is 24.2. The Morgan fingerprint density at radius 2 is 1.86 bits per heavy atom. The Morgan fingerprint density at radius 3 is 2.60 bits per heavy atom. The SMILES string of the molecule is Cc1ccccc1C(=O)N(C=O)CCCCSc1nc(N)c2[nH]c(=O)n(Cc3ccccc3)c2n1. The highest BCUT2D eigenvalue weighted by Gasteiger charge is 2.17. The van der Waals surface area contributed by atoms with Crippen LogP contribution in [-0.4, -0.2) is 49.0 Å². The van der Waals surface area contributed by atoms with Crippen molar-refractivity contribution in [2.45, 2.75) is 31.5 Å². The van der Waals surface area contributed by atoms with Gasteiger partial charge in [-0.1, -0.05) is 60.3 Å². The Morgan fingerprint density at radius 1 is 1.11 bits per heavy atom. The molecule has 0 radical (unpaired) electrons. The summed E-state index contributed by atoms with van der Waals surface area (Å²) in [6.07, 6.45) is 1.96. The number of nitrogens with zero attached hydrogens (tertiary/aromatic N) is 4. The summed E-state index contributed by atoms with van der Waals surface area (Å²) in [5.41, 5.74) is 9.02. The minimum Gasteiger partial charge on any atom is -0.382 e. The van der Waals surface area contributed by atoms with E-state index < -0.39 is 0 Å². The Kier molecular flexibility index (Phi) is 7.61. The van der Waals surface area contributed by atoms with Gasteiger partial charge in [0.25, 0.3) is 5.91 Å². The van der Waals surface area contributed by atoms with E-state index >= 15 is 0 Å². The van der Waals surface area contributed by atoms with Crippen molar-refractivity contribution >= 4 is 41.1 Å². The van der Waals surface area contributed by atoms with Crippen molar-refractivity contribution in [3.63, 3.8) is 0 Å². The minimum atomic E-state index is -0.295. The molecule has 10 heteroatoms. The Labute approximate surface area is 206 Å². The van der Waals surface area contributed by atoms with Gasteiger partial charge in [-0.3, -0.25) is 19.1 Å². The number of hydrogen-bond donors (Lipinski definition) is 2. The summed E-state index contributed by atoms with van der Waals surface area (Å²) < 4.78 is 1.55. The normalized spacial score (nSPS) is 11.0. The topological polar surface area (TPSA) is 127 Å². The van der Waals surface area contributed by atoms with Gasteiger partial charge in [0.05, 0.1) is 6.54 Å². The minimum absolute atomic E-state index is 0.220. The van der Waals surface area contributed by atoms with Crippen LogP contribution >= 0.6 is 11.8 Å². The maximum atomic E-state index is 12.6. The zero-order chi connectivity index (χ0) is 24.8. The van der Waals surface area contributed by atoms with Crippen LogP contribution in [0.5, 0.6) is 0 Å². The summed E-state index contributed by atoms with van der Waals surface area (Å²) in [5.74, 6) is 0.595. The fourth-order valence-corrected chi connectivity index (χ4v) is 4.57. The van der Waals surface area contributed by atoms with Gasteiger partial charge >= 0.3 is 5.69 Å². The summed E-state index contributed by atoms with van der Waals surface area (Å²) in [7, 11) is 0. The highest BCUT2D eigenvalue weighted by Crippen LogP contribution is 2.22. The standard InChI is InChI=1S/C25H26N6O3S/c1-17-9-5-6-12-19(17)23(33)30(16-32)13-7-8-14-35-24-28-21(26)20-22(29-24)31(25(34)27-20)15-18-10-3-2-4-11-18/h2-6,9-12,16H,7-8,13-15H2,1H3,(H,27,34)(H2,26,28,29). The van der Waals surface area contributed by atoms with E-state index in [0.29, 0.717) is 53.6 Å². The van der Waals surface area contributed by atoms with Crippen LogP contribution in [0.25, 0.3) is 11.2 Å².